The highest BCUT2D eigenvalue weighted by atomic mass is 32.1. The van der Waals surface area contributed by atoms with Gasteiger partial charge in [-0.1, -0.05) is 0 Å². The number of imidazole rings is 1. The Labute approximate surface area is 106 Å². The van der Waals surface area contributed by atoms with Crippen LogP contribution in [0.2, 0.25) is 0 Å². The summed E-state index contributed by atoms with van der Waals surface area (Å²) in [5.74, 6) is 0. The molecule has 18 heavy (non-hydrogen) atoms. The van der Waals surface area contributed by atoms with Gasteiger partial charge in [0, 0.05) is 24.0 Å². The number of nitrogens with zero attached hydrogens (tertiary/aromatic N) is 1. The van der Waals surface area contributed by atoms with E-state index in [-0.39, 0.29) is 12.3 Å². The lowest BCUT2D eigenvalue weighted by molar-refractivity contribution is 0.298. The van der Waals surface area contributed by atoms with E-state index in [1.807, 2.05) is 23.6 Å². The smallest absolute Gasteiger partial charge is 0.323 e. The highest BCUT2D eigenvalue weighted by molar-refractivity contribution is 7.13. The molecule has 0 aliphatic carbocycles. The summed E-state index contributed by atoms with van der Waals surface area (Å²) in [6.07, 6.45) is 0.569. The van der Waals surface area contributed by atoms with Gasteiger partial charge in [-0.2, -0.15) is 0 Å². The third kappa shape index (κ3) is 1.96. The lowest BCUT2D eigenvalue weighted by Crippen LogP contribution is -1.99. The van der Waals surface area contributed by atoms with E-state index in [9.17, 15) is 4.79 Å². The Morgan fingerprint density at radius 1 is 1.28 bits per heavy atom. The number of nitrogens with one attached hydrogen (secondary N) is 2. The number of rotatable bonds is 3. The highest BCUT2D eigenvalue weighted by Crippen LogP contribution is 2.25. The summed E-state index contributed by atoms with van der Waals surface area (Å²) in [6, 6.07) is 5.68. The minimum Gasteiger partial charge on any atom is -0.396 e. The zero-order valence-electron chi connectivity index (χ0n) is 9.43. The lowest BCUT2D eigenvalue weighted by atomic mass is 10.2. The van der Waals surface area contributed by atoms with Gasteiger partial charge >= 0.3 is 5.69 Å². The Balaban J connectivity index is 2.04. The van der Waals surface area contributed by atoms with Gasteiger partial charge in [-0.25, -0.2) is 9.78 Å². The zero-order chi connectivity index (χ0) is 12.5. The number of aromatic nitrogens is 3. The lowest BCUT2D eigenvalue weighted by Gasteiger charge is -1.96. The van der Waals surface area contributed by atoms with Gasteiger partial charge in [-0.05, 0) is 18.2 Å². The van der Waals surface area contributed by atoms with Crippen LogP contribution in [-0.4, -0.2) is 26.7 Å². The van der Waals surface area contributed by atoms with Crippen LogP contribution in [0.15, 0.2) is 28.4 Å². The van der Waals surface area contributed by atoms with Gasteiger partial charge in [-0.15, -0.1) is 11.3 Å². The summed E-state index contributed by atoms with van der Waals surface area (Å²) in [7, 11) is 0. The molecule has 92 valence electrons. The first-order valence-corrected chi connectivity index (χ1v) is 6.42. The summed E-state index contributed by atoms with van der Waals surface area (Å²) < 4.78 is 0. The standard InChI is InChI=1S/C12H11N3O2S/c16-4-3-8-6-18-11(13-8)7-1-2-9-10(5-7)15-12(17)14-9/h1-2,5-6,16H,3-4H2,(H2,14,15,17). The topological polar surface area (TPSA) is 81.8 Å². The van der Waals surface area contributed by atoms with Gasteiger partial charge < -0.3 is 15.1 Å². The number of aromatic amines is 2. The van der Waals surface area contributed by atoms with Crippen LogP contribution >= 0.6 is 11.3 Å². The summed E-state index contributed by atoms with van der Waals surface area (Å²) in [5, 5.41) is 11.7. The molecule has 0 aliphatic heterocycles. The fourth-order valence-electron chi connectivity index (χ4n) is 1.83. The van der Waals surface area contributed by atoms with E-state index in [2.05, 4.69) is 15.0 Å². The number of aliphatic hydroxyl groups excluding tert-OH is 1. The predicted molar refractivity (Wildman–Crippen MR) is 70.8 cm³/mol. The number of hydrogen-bond donors (Lipinski definition) is 3. The van der Waals surface area contributed by atoms with E-state index >= 15 is 0 Å². The van der Waals surface area contributed by atoms with Crippen molar-refractivity contribution < 1.29 is 5.11 Å². The molecule has 3 rings (SSSR count). The molecular weight excluding hydrogens is 250 g/mol. The maximum absolute atomic E-state index is 11.2. The molecule has 5 nitrogen and oxygen atoms in total. The second-order valence-corrected chi connectivity index (χ2v) is 4.82. The van der Waals surface area contributed by atoms with Crippen LogP contribution < -0.4 is 5.69 Å². The Hall–Kier alpha value is -1.92. The molecule has 0 fully saturated rings. The number of H-pyrrole nitrogens is 2. The van der Waals surface area contributed by atoms with E-state index in [1.54, 1.807) is 0 Å². The molecule has 6 heteroatoms. The van der Waals surface area contributed by atoms with Crippen LogP contribution in [0, 0.1) is 0 Å². The predicted octanol–water partition coefficient (Wildman–Crippen LogP) is 1.51. The average molecular weight is 261 g/mol. The summed E-state index contributed by atoms with van der Waals surface area (Å²) in [4.78, 5) is 21.0. The molecule has 0 radical (unpaired) electrons. The number of hydrogen-bond acceptors (Lipinski definition) is 4. The van der Waals surface area contributed by atoms with Crippen molar-refractivity contribution in [3.63, 3.8) is 0 Å². The number of fused-ring (bicyclic) bond motifs is 1. The van der Waals surface area contributed by atoms with Crippen molar-refractivity contribution in [3.8, 4) is 10.6 Å². The molecule has 2 aromatic heterocycles. The van der Waals surface area contributed by atoms with E-state index in [4.69, 9.17) is 5.11 Å². The molecule has 0 aliphatic rings. The summed E-state index contributed by atoms with van der Waals surface area (Å²) >= 11 is 1.53. The van der Waals surface area contributed by atoms with Crippen LogP contribution in [-0.2, 0) is 6.42 Å². The van der Waals surface area contributed by atoms with Gasteiger partial charge in [0.1, 0.15) is 5.01 Å². The fourth-order valence-corrected chi connectivity index (χ4v) is 2.69. The van der Waals surface area contributed by atoms with E-state index in [1.165, 1.54) is 11.3 Å². The van der Waals surface area contributed by atoms with Gasteiger partial charge in [0.25, 0.3) is 0 Å². The number of benzene rings is 1. The largest absolute Gasteiger partial charge is 0.396 e. The Kier molecular flexibility index (Phi) is 2.73. The third-order valence-electron chi connectivity index (χ3n) is 2.68. The van der Waals surface area contributed by atoms with Crippen molar-refractivity contribution >= 4 is 22.4 Å². The maximum Gasteiger partial charge on any atom is 0.323 e. The van der Waals surface area contributed by atoms with Crippen LogP contribution in [0.5, 0.6) is 0 Å². The quantitative estimate of drug-likeness (QED) is 0.668. The second kappa shape index (κ2) is 4.40. The number of aliphatic hydroxyl groups is 1. The molecule has 3 N–H and O–H groups in total. The maximum atomic E-state index is 11.2. The van der Waals surface area contributed by atoms with Crippen molar-refractivity contribution in [3.05, 3.63) is 39.8 Å². The number of thiazole rings is 1. The van der Waals surface area contributed by atoms with E-state index < -0.39 is 0 Å². The SMILES string of the molecule is O=c1[nH]c2ccc(-c3nc(CCO)cs3)cc2[nH]1. The van der Waals surface area contributed by atoms with Crippen molar-refractivity contribution in [2.45, 2.75) is 6.42 Å². The molecule has 0 atom stereocenters. The summed E-state index contributed by atoms with van der Waals surface area (Å²) in [5.41, 5.74) is 3.21. The molecule has 0 bridgehead atoms. The van der Waals surface area contributed by atoms with Crippen LogP contribution in [0.3, 0.4) is 0 Å². The zero-order valence-corrected chi connectivity index (χ0v) is 10.3. The second-order valence-electron chi connectivity index (χ2n) is 3.96. The van der Waals surface area contributed by atoms with Crippen molar-refractivity contribution in [2.24, 2.45) is 0 Å². The normalized spacial score (nSPS) is 11.2. The first-order valence-electron chi connectivity index (χ1n) is 5.54. The minimum absolute atomic E-state index is 0.105. The molecule has 3 aromatic rings. The first-order chi connectivity index (χ1) is 8.76. The molecule has 2 heterocycles. The molecular formula is C12H11N3O2S. The molecule has 1 aromatic carbocycles. The van der Waals surface area contributed by atoms with Gasteiger partial charge in [0.15, 0.2) is 0 Å². The van der Waals surface area contributed by atoms with Crippen LogP contribution in [0.4, 0.5) is 0 Å². The molecule has 0 unspecified atom stereocenters. The highest BCUT2D eigenvalue weighted by Gasteiger charge is 2.06. The van der Waals surface area contributed by atoms with Crippen LogP contribution in [0.1, 0.15) is 5.69 Å². The third-order valence-corrected chi connectivity index (χ3v) is 3.62. The average Bonchev–Trinajstić information content (AvgIpc) is 2.93. The Morgan fingerprint density at radius 2 is 2.11 bits per heavy atom. The van der Waals surface area contributed by atoms with Crippen molar-refractivity contribution in [1.82, 2.24) is 15.0 Å². The molecule has 0 amide bonds. The van der Waals surface area contributed by atoms with Gasteiger partial charge in [0.2, 0.25) is 0 Å². The molecule has 0 spiro atoms. The molecule has 0 saturated heterocycles. The summed E-state index contributed by atoms with van der Waals surface area (Å²) in [6.45, 7) is 0.105. The Morgan fingerprint density at radius 3 is 2.94 bits per heavy atom. The first kappa shape index (κ1) is 11.2. The van der Waals surface area contributed by atoms with Crippen LogP contribution in [0.25, 0.3) is 21.6 Å². The van der Waals surface area contributed by atoms with Crippen molar-refractivity contribution in [1.29, 1.82) is 0 Å². The van der Waals surface area contributed by atoms with E-state index in [0.29, 0.717) is 6.42 Å². The van der Waals surface area contributed by atoms with Gasteiger partial charge in [0.05, 0.1) is 16.7 Å². The minimum atomic E-state index is -0.206. The Bertz CT molecular complexity index is 741. The van der Waals surface area contributed by atoms with Gasteiger partial charge in [-0.3, -0.25) is 0 Å². The fraction of sp³-hybridized carbons (Fsp3) is 0.167. The van der Waals surface area contributed by atoms with E-state index in [0.717, 1.165) is 27.3 Å². The monoisotopic (exact) mass is 261 g/mol. The van der Waals surface area contributed by atoms with Crippen molar-refractivity contribution in [2.75, 3.05) is 6.61 Å². The molecule has 0 saturated carbocycles.